The summed E-state index contributed by atoms with van der Waals surface area (Å²) in [6.07, 6.45) is 0.290. The molecule has 0 aliphatic rings. The van der Waals surface area contributed by atoms with Gasteiger partial charge in [-0.25, -0.2) is 4.39 Å². The number of benzene rings is 1. The molecule has 0 saturated heterocycles. The van der Waals surface area contributed by atoms with E-state index in [1.54, 1.807) is 0 Å². The summed E-state index contributed by atoms with van der Waals surface area (Å²) >= 11 is 0. The van der Waals surface area contributed by atoms with Crippen LogP contribution in [0.25, 0.3) is 0 Å². The first-order chi connectivity index (χ1) is 6.65. The van der Waals surface area contributed by atoms with Crippen molar-refractivity contribution in [3.05, 3.63) is 39.7 Å². The number of nitro benzene ring substituents is 1. The third-order valence-electron chi connectivity index (χ3n) is 1.43. The second-order valence-electron chi connectivity index (χ2n) is 2.31. The monoisotopic (exact) mass is 193 g/mol. The van der Waals surface area contributed by atoms with Crippen molar-refractivity contribution in [3.8, 4) is 11.8 Å². The van der Waals surface area contributed by atoms with Gasteiger partial charge in [0, 0.05) is 12.1 Å². The maximum Gasteiger partial charge on any atom is 0.270 e. The van der Waals surface area contributed by atoms with Crippen molar-refractivity contribution in [1.82, 2.24) is 0 Å². The van der Waals surface area contributed by atoms with E-state index < -0.39 is 10.7 Å². The predicted octanol–water partition coefficient (Wildman–Crippen LogP) is 1.28. The molecular formula is C9H4FNO3. The van der Waals surface area contributed by atoms with Gasteiger partial charge in [-0.05, 0) is 12.0 Å². The lowest BCUT2D eigenvalue weighted by Gasteiger charge is -1.93. The number of hydrogen-bond acceptors (Lipinski definition) is 3. The third kappa shape index (κ3) is 2.14. The molecule has 0 heterocycles. The largest absolute Gasteiger partial charge is 0.289 e. The second kappa shape index (κ2) is 4.14. The highest BCUT2D eigenvalue weighted by molar-refractivity contribution is 5.74. The fourth-order valence-electron chi connectivity index (χ4n) is 0.830. The van der Waals surface area contributed by atoms with Crippen LogP contribution >= 0.6 is 0 Å². The minimum Gasteiger partial charge on any atom is -0.289 e. The first-order valence-corrected chi connectivity index (χ1v) is 3.54. The Bertz CT molecular complexity index is 445. The Morgan fingerprint density at radius 3 is 2.79 bits per heavy atom. The van der Waals surface area contributed by atoms with E-state index in [1.165, 1.54) is 0 Å². The lowest BCUT2D eigenvalue weighted by molar-refractivity contribution is -0.384. The lowest BCUT2D eigenvalue weighted by Crippen LogP contribution is -1.91. The molecule has 0 fully saturated rings. The van der Waals surface area contributed by atoms with Gasteiger partial charge in [-0.3, -0.25) is 14.9 Å². The molecule has 0 saturated carbocycles. The molecule has 1 aromatic carbocycles. The van der Waals surface area contributed by atoms with Gasteiger partial charge in [0.2, 0.25) is 0 Å². The molecule has 1 aromatic rings. The maximum atomic E-state index is 12.9. The minimum atomic E-state index is -0.690. The molecule has 14 heavy (non-hydrogen) atoms. The fourth-order valence-corrected chi connectivity index (χ4v) is 0.830. The smallest absolute Gasteiger partial charge is 0.270 e. The van der Waals surface area contributed by atoms with Crippen LogP contribution < -0.4 is 0 Å². The van der Waals surface area contributed by atoms with E-state index >= 15 is 0 Å². The lowest BCUT2D eigenvalue weighted by atomic mass is 10.2. The van der Waals surface area contributed by atoms with E-state index in [0.717, 1.165) is 18.2 Å². The average Bonchev–Trinajstić information content (AvgIpc) is 2.16. The molecular weight excluding hydrogens is 189 g/mol. The summed E-state index contributed by atoms with van der Waals surface area (Å²) in [5, 5.41) is 10.3. The molecule has 5 heteroatoms. The zero-order valence-electron chi connectivity index (χ0n) is 6.86. The van der Waals surface area contributed by atoms with Gasteiger partial charge in [-0.15, -0.1) is 0 Å². The van der Waals surface area contributed by atoms with Gasteiger partial charge >= 0.3 is 0 Å². The highest BCUT2D eigenvalue weighted by Crippen LogP contribution is 2.15. The van der Waals surface area contributed by atoms with Crippen LogP contribution in [0.1, 0.15) is 5.56 Å². The molecule has 0 bridgehead atoms. The van der Waals surface area contributed by atoms with Crippen molar-refractivity contribution >= 4 is 12.0 Å². The second-order valence-corrected chi connectivity index (χ2v) is 2.31. The van der Waals surface area contributed by atoms with Crippen molar-refractivity contribution in [2.45, 2.75) is 0 Å². The number of carbonyl (C=O) groups excluding carboxylic acids is 1. The summed E-state index contributed by atoms with van der Waals surface area (Å²) in [5.41, 5.74) is -0.423. The number of aldehydes is 1. The van der Waals surface area contributed by atoms with E-state index in [2.05, 4.69) is 5.92 Å². The van der Waals surface area contributed by atoms with E-state index in [4.69, 9.17) is 0 Å². The molecule has 1 rings (SSSR count). The van der Waals surface area contributed by atoms with Crippen LogP contribution in [0.2, 0.25) is 0 Å². The van der Waals surface area contributed by atoms with Crippen LogP contribution in [0.5, 0.6) is 0 Å². The topological polar surface area (TPSA) is 60.2 Å². The van der Waals surface area contributed by atoms with E-state index in [-0.39, 0.29) is 17.5 Å². The number of nitro groups is 1. The third-order valence-corrected chi connectivity index (χ3v) is 1.43. The van der Waals surface area contributed by atoms with Gasteiger partial charge in [0.15, 0.2) is 6.29 Å². The number of nitrogens with zero attached hydrogens (tertiary/aromatic N) is 1. The first kappa shape index (κ1) is 9.86. The molecule has 0 atom stereocenters. The van der Waals surface area contributed by atoms with Crippen molar-refractivity contribution in [1.29, 1.82) is 0 Å². The van der Waals surface area contributed by atoms with Crippen LogP contribution in [-0.2, 0) is 4.79 Å². The normalized spacial score (nSPS) is 8.64. The summed E-state index contributed by atoms with van der Waals surface area (Å²) in [5.74, 6) is 3.45. The molecule has 0 amide bonds. The Balaban J connectivity index is 3.21. The Labute approximate surface area is 78.5 Å². The van der Waals surface area contributed by atoms with Crippen LogP contribution in [0.4, 0.5) is 10.1 Å². The Kier molecular flexibility index (Phi) is 2.92. The SMILES string of the molecule is O=CC#Cc1cc([N+](=O)[O-])ccc1F. The highest BCUT2D eigenvalue weighted by Gasteiger charge is 2.08. The van der Waals surface area contributed by atoms with Crippen LogP contribution in [-0.4, -0.2) is 11.2 Å². The van der Waals surface area contributed by atoms with Crippen molar-refractivity contribution in [3.63, 3.8) is 0 Å². The van der Waals surface area contributed by atoms with Crippen molar-refractivity contribution in [2.75, 3.05) is 0 Å². The number of halogens is 1. The fraction of sp³-hybridized carbons (Fsp3) is 0. The number of non-ortho nitro benzene ring substituents is 1. The van der Waals surface area contributed by atoms with Crippen LogP contribution in [0, 0.1) is 27.8 Å². The first-order valence-electron chi connectivity index (χ1n) is 3.54. The maximum absolute atomic E-state index is 12.9. The number of carbonyl (C=O) groups is 1. The number of rotatable bonds is 1. The molecule has 0 unspecified atom stereocenters. The average molecular weight is 193 g/mol. The van der Waals surface area contributed by atoms with Crippen molar-refractivity contribution in [2.24, 2.45) is 0 Å². The molecule has 0 aromatic heterocycles. The van der Waals surface area contributed by atoms with E-state index in [1.807, 2.05) is 5.92 Å². The molecule has 0 aliphatic carbocycles. The summed E-state index contributed by atoms with van der Waals surface area (Å²) < 4.78 is 12.9. The minimum absolute atomic E-state index is 0.161. The molecule has 0 radical (unpaired) electrons. The van der Waals surface area contributed by atoms with E-state index in [0.29, 0.717) is 0 Å². The summed E-state index contributed by atoms with van der Waals surface area (Å²) in [6.45, 7) is 0. The quantitative estimate of drug-likeness (QED) is 0.292. The standard InChI is InChI=1S/C9H4FNO3/c10-9-4-3-8(11(13)14)6-7(9)2-1-5-12/h3-6H. The Hall–Kier alpha value is -2.22. The zero-order valence-corrected chi connectivity index (χ0v) is 6.86. The van der Waals surface area contributed by atoms with Gasteiger partial charge in [-0.1, -0.05) is 5.92 Å². The molecule has 0 aliphatic heterocycles. The zero-order chi connectivity index (χ0) is 10.6. The molecule has 4 nitrogen and oxygen atoms in total. The van der Waals surface area contributed by atoms with Crippen molar-refractivity contribution < 1.29 is 14.1 Å². The highest BCUT2D eigenvalue weighted by atomic mass is 19.1. The summed E-state index contributed by atoms with van der Waals surface area (Å²) in [6, 6.07) is 2.94. The molecule has 70 valence electrons. The Morgan fingerprint density at radius 2 is 2.21 bits per heavy atom. The number of hydrogen-bond donors (Lipinski definition) is 0. The summed E-state index contributed by atoms with van der Waals surface area (Å²) in [4.78, 5) is 19.5. The molecule has 0 N–H and O–H groups in total. The Morgan fingerprint density at radius 1 is 1.50 bits per heavy atom. The molecule has 0 spiro atoms. The van der Waals surface area contributed by atoms with E-state index in [9.17, 15) is 19.3 Å². The summed E-state index contributed by atoms with van der Waals surface area (Å²) in [7, 11) is 0. The van der Waals surface area contributed by atoms with Crippen LogP contribution in [0.3, 0.4) is 0 Å². The van der Waals surface area contributed by atoms with Gasteiger partial charge in [0.05, 0.1) is 10.5 Å². The van der Waals surface area contributed by atoms with Crippen LogP contribution in [0.15, 0.2) is 18.2 Å². The van der Waals surface area contributed by atoms with Gasteiger partial charge in [0.1, 0.15) is 5.82 Å². The van der Waals surface area contributed by atoms with Gasteiger partial charge < -0.3 is 0 Å². The van der Waals surface area contributed by atoms with Gasteiger partial charge in [-0.2, -0.15) is 0 Å². The van der Waals surface area contributed by atoms with Gasteiger partial charge in [0.25, 0.3) is 5.69 Å². The predicted molar refractivity (Wildman–Crippen MR) is 46.0 cm³/mol.